The molecular formula is C16H24N2O2. The van der Waals surface area contributed by atoms with E-state index < -0.39 is 0 Å². The number of nitrogens with zero attached hydrogens (tertiary/aromatic N) is 1. The molecule has 0 saturated heterocycles. The van der Waals surface area contributed by atoms with E-state index in [1.807, 2.05) is 39.0 Å². The Morgan fingerprint density at radius 3 is 2.30 bits per heavy atom. The van der Waals surface area contributed by atoms with Gasteiger partial charge in [0.25, 0.3) is 0 Å². The van der Waals surface area contributed by atoms with Gasteiger partial charge in [0, 0.05) is 32.1 Å². The largest absolute Gasteiger partial charge is 0.354 e. The van der Waals surface area contributed by atoms with E-state index in [1.165, 1.54) is 0 Å². The highest BCUT2D eigenvalue weighted by Crippen LogP contribution is 2.24. The van der Waals surface area contributed by atoms with E-state index in [9.17, 15) is 9.59 Å². The maximum absolute atomic E-state index is 11.9. The molecule has 0 saturated carbocycles. The highest BCUT2D eigenvalue weighted by Gasteiger charge is 2.15. The zero-order valence-electron chi connectivity index (χ0n) is 12.8. The first-order valence-corrected chi connectivity index (χ1v) is 7.08. The van der Waals surface area contributed by atoms with E-state index in [-0.39, 0.29) is 11.8 Å². The summed E-state index contributed by atoms with van der Waals surface area (Å²) >= 11 is 0. The Morgan fingerprint density at radius 2 is 1.80 bits per heavy atom. The fourth-order valence-electron chi connectivity index (χ4n) is 2.28. The van der Waals surface area contributed by atoms with E-state index in [4.69, 9.17) is 0 Å². The Bertz CT molecular complexity index is 463. The lowest BCUT2D eigenvalue weighted by molar-refractivity contribution is -0.121. The van der Waals surface area contributed by atoms with Gasteiger partial charge in [-0.2, -0.15) is 0 Å². The van der Waals surface area contributed by atoms with Crippen molar-refractivity contribution < 1.29 is 9.59 Å². The maximum atomic E-state index is 11.9. The van der Waals surface area contributed by atoms with Crippen LogP contribution in [-0.4, -0.2) is 24.9 Å². The van der Waals surface area contributed by atoms with Crippen LogP contribution in [0.5, 0.6) is 0 Å². The monoisotopic (exact) mass is 276 g/mol. The summed E-state index contributed by atoms with van der Waals surface area (Å²) in [7, 11) is 0. The Labute approximate surface area is 121 Å². The molecule has 1 aromatic carbocycles. The third-order valence-corrected chi connectivity index (χ3v) is 3.22. The van der Waals surface area contributed by atoms with Crippen molar-refractivity contribution in [2.75, 3.05) is 18.0 Å². The number of benzene rings is 1. The van der Waals surface area contributed by atoms with Gasteiger partial charge in [0.2, 0.25) is 11.8 Å². The minimum atomic E-state index is -0.00728. The number of amides is 2. The van der Waals surface area contributed by atoms with Gasteiger partial charge in [0.15, 0.2) is 0 Å². The molecule has 2 amide bonds. The number of hydrogen-bond acceptors (Lipinski definition) is 2. The first kappa shape index (κ1) is 16.2. The average molecular weight is 276 g/mol. The SMILES string of the molecule is CCCC(=O)NCCN(C(C)=O)c1c(C)cccc1C. The molecule has 1 aromatic rings. The van der Waals surface area contributed by atoms with E-state index in [1.54, 1.807) is 11.8 Å². The molecule has 4 nitrogen and oxygen atoms in total. The van der Waals surface area contributed by atoms with Crippen molar-refractivity contribution >= 4 is 17.5 Å². The summed E-state index contributed by atoms with van der Waals surface area (Å²) in [6.07, 6.45) is 1.36. The predicted molar refractivity (Wildman–Crippen MR) is 81.9 cm³/mol. The molecule has 0 fully saturated rings. The second-order valence-corrected chi connectivity index (χ2v) is 5.01. The third kappa shape index (κ3) is 4.37. The van der Waals surface area contributed by atoms with Crippen molar-refractivity contribution in [2.24, 2.45) is 0 Å². The highest BCUT2D eigenvalue weighted by molar-refractivity contribution is 5.93. The smallest absolute Gasteiger partial charge is 0.223 e. The molecule has 20 heavy (non-hydrogen) atoms. The molecule has 4 heteroatoms. The molecule has 0 aliphatic carbocycles. The zero-order chi connectivity index (χ0) is 15.1. The van der Waals surface area contributed by atoms with Crippen molar-refractivity contribution in [3.63, 3.8) is 0 Å². The van der Waals surface area contributed by atoms with Gasteiger partial charge in [0.1, 0.15) is 0 Å². The lowest BCUT2D eigenvalue weighted by Gasteiger charge is -2.25. The summed E-state index contributed by atoms with van der Waals surface area (Å²) in [5.74, 6) is 0.0321. The van der Waals surface area contributed by atoms with Gasteiger partial charge >= 0.3 is 0 Å². The van der Waals surface area contributed by atoms with Gasteiger partial charge in [-0.3, -0.25) is 9.59 Å². The van der Waals surface area contributed by atoms with Crippen LogP contribution in [0.2, 0.25) is 0 Å². The fraction of sp³-hybridized carbons (Fsp3) is 0.500. The molecule has 0 bridgehead atoms. The number of anilines is 1. The lowest BCUT2D eigenvalue weighted by atomic mass is 10.1. The number of nitrogens with one attached hydrogen (secondary N) is 1. The minimum absolute atomic E-state index is 0.00728. The molecule has 0 heterocycles. The van der Waals surface area contributed by atoms with Crippen molar-refractivity contribution in [1.29, 1.82) is 0 Å². The molecule has 0 radical (unpaired) electrons. The molecule has 0 atom stereocenters. The molecule has 0 unspecified atom stereocenters. The number of para-hydroxylation sites is 1. The number of carbonyl (C=O) groups excluding carboxylic acids is 2. The summed E-state index contributed by atoms with van der Waals surface area (Å²) in [5.41, 5.74) is 3.09. The molecule has 110 valence electrons. The van der Waals surface area contributed by atoms with Crippen LogP contribution in [0.1, 0.15) is 37.8 Å². The number of carbonyl (C=O) groups is 2. The van der Waals surface area contributed by atoms with Crippen molar-refractivity contribution in [2.45, 2.75) is 40.5 Å². The number of rotatable bonds is 6. The van der Waals surface area contributed by atoms with Crippen molar-refractivity contribution in [1.82, 2.24) is 5.32 Å². The van der Waals surface area contributed by atoms with Gasteiger partial charge in [0.05, 0.1) is 0 Å². The minimum Gasteiger partial charge on any atom is -0.354 e. The number of aryl methyl sites for hydroxylation is 2. The molecule has 0 aliphatic heterocycles. The summed E-state index contributed by atoms with van der Waals surface area (Å²) < 4.78 is 0. The van der Waals surface area contributed by atoms with Crippen molar-refractivity contribution in [3.8, 4) is 0 Å². The topological polar surface area (TPSA) is 49.4 Å². The molecule has 0 aromatic heterocycles. The molecule has 0 aliphatic rings. The zero-order valence-corrected chi connectivity index (χ0v) is 12.8. The van der Waals surface area contributed by atoms with Gasteiger partial charge < -0.3 is 10.2 Å². The van der Waals surface area contributed by atoms with E-state index in [0.29, 0.717) is 19.5 Å². The Kier molecular flexibility index (Phi) is 6.22. The maximum Gasteiger partial charge on any atom is 0.223 e. The van der Waals surface area contributed by atoms with Crippen LogP contribution in [0.4, 0.5) is 5.69 Å². The first-order chi connectivity index (χ1) is 9.47. The molecule has 1 N–H and O–H groups in total. The lowest BCUT2D eigenvalue weighted by Crippen LogP contribution is -2.38. The Balaban J connectivity index is 2.76. The van der Waals surface area contributed by atoms with Crippen LogP contribution in [0.3, 0.4) is 0 Å². The summed E-state index contributed by atoms with van der Waals surface area (Å²) in [4.78, 5) is 25.0. The van der Waals surface area contributed by atoms with Crippen LogP contribution in [0.25, 0.3) is 0 Å². The standard InChI is InChI=1S/C16H24N2O2/c1-5-7-15(20)17-10-11-18(14(4)19)16-12(2)8-6-9-13(16)3/h6,8-9H,5,7,10-11H2,1-4H3,(H,17,20). The average Bonchev–Trinajstić information content (AvgIpc) is 2.36. The van der Waals surface area contributed by atoms with Crippen LogP contribution in [0.15, 0.2) is 18.2 Å². The van der Waals surface area contributed by atoms with Crippen LogP contribution in [-0.2, 0) is 9.59 Å². The quantitative estimate of drug-likeness (QED) is 0.868. The molecule has 0 spiro atoms. The summed E-state index contributed by atoms with van der Waals surface area (Å²) in [6, 6.07) is 5.97. The van der Waals surface area contributed by atoms with E-state index >= 15 is 0 Å². The predicted octanol–water partition coefficient (Wildman–Crippen LogP) is 2.57. The van der Waals surface area contributed by atoms with Crippen LogP contribution >= 0.6 is 0 Å². The second kappa shape index (κ2) is 7.68. The third-order valence-electron chi connectivity index (χ3n) is 3.22. The van der Waals surface area contributed by atoms with Crippen LogP contribution in [0, 0.1) is 13.8 Å². The number of hydrogen-bond donors (Lipinski definition) is 1. The van der Waals surface area contributed by atoms with Gasteiger partial charge in [-0.25, -0.2) is 0 Å². The summed E-state index contributed by atoms with van der Waals surface area (Å²) in [6.45, 7) is 8.49. The summed E-state index contributed by atoms with van der Waals surface area (Å²) in [5, 5.41) is 2.84. The fourth-order valence-corrected chi connectivity index (χ4v) is 2.28. The van der Waals surface area contributed by atoms with Gasteiger partial charge in [-0.05, 0) is 31.4 Å². The normalized spacial score (nSPS) is 10.2. The molecular weight excluding hydrogens is 252 g/mol. The van der Waals surface area contributed by atoms with Crippen LogP contribution < -0.4 is 10.2 Å². The van der Waals surface area contributed by atoms with E-state index in [0.717, 1.165) is 23.2 Å². The molecule has 1 rings (SSSR count). The van der Waals surface area contributed by atoms with Gasteiger partial charge in [-0.15, -0.1) is 0 Å². The second-order valence-electron chi connectivity index (χ2n) is 5.01. The Hall–Kier alpha value is -1.84. The van der Waals surface area contributed by atoms with Gasteiger partial charge in [-0.1, -0.05) is 25.1 Å². The van der Waals surface area contributed by atoms with E-state index in [2.05, 4.69) is 5.32 Å². The first-order valence-electron chi connectivity index (χ1n) is 7.08. The Morgan fingerprint density at radius 1 is 1.20 bits per heavy atom. The van der Waals surface area contributed by atoms with Crippen molar-refractivity contribution in [3.05, 3.63) is 29.3 Å². The highest BCUT2D eigenvalue weighted by atomic mass is 16.2.